The molecule has 2 aromatic heterocycles. The molecule has 0 saturated carbocycles. The Morgan fingerprint density at radius 3 is 1.83 bits per heavy atom. The van der Waals surface area contributed by atoms with Crippen LogP contribution in [0.1, 0.15) is 25.0 Å². The molecule has 0 unspecified atom stereocenters. The van der Waals surface area contributed by atoms with Gasteiger partial charge in [0.1, 0.15) is 0 Å². The van der Waals surface area contributed by atoms with Crippen molar-refractivity contribution < 1.29 is 0 Å². The average Bonchev–Trinajstić information content (AvgIpc) is 3.66. The molecule has 4 nitrogen and oxygen atoms in total. The van der Waals surface area contributed by atoms with Gasteiger partial charge >= 0.3 is 0 Å². The molecule has 0 amide bonds. The molecule has 0 spiro atoms. The maximum atomic E-state index is 5.37. The summed E-state index contributed by atoms with van der Waals surface area (Å²) in [7, 11) is 0. The lowest BCUT2D eigenvalue weighted by Crippen LogP contribution is -2.15. The number of aromatic nitrogens is 4. The quantitative estimate of drug-likeness (QED) is 0.185. The maximum absolute atomic E-state index is 5.37. The Kier molecular flexibility index (Phi) is 6.56. The minimum absolute atomic E-state index is 0.147. The fourth-order valence-corrected chi connectivity index (χ4v) is 8.76. The summed E-state index contributed by atoms with van der Waals surface area (Å²) in [6, 6.07) is 60.7. The van der Waals surface area contributed by atoms with Gasteiger partial charge in [0, 0.05) is 38.3 Å². The van der Waals surface area contributed by atoms with Crippen molar-refractivity contribution in [3.63, 3.8) is 0 Å². The predicted octanol–water partition coefficient (Wildman–Crippen LogP) is 12.6. The van der Waals surface area contributed by atoms with E-state index in [1.165, 1.54) is 43.8 Å². The first kappa shape index (κ1) is 30.7. The second-order valence-electron chi connectivity index (χ2n) is 14.9. The zero-order valence-corrected chi connectivity index (χ0v) is 30.0. The topological polar surface area (TPSA) is 43.6 Å². The van der Waals surface area contributed by atoms with E-state index >= 15 is 0 Å². The Labute approximate surface area is 313 Å². The molecule has 0 saturated heterocycles. The highest BCUT2D eigenvalue weighted by atomic mass is 15.1. The van der Waals surface area contributed by atoms with Gasteiger partial charge in [-0.1, -0.05) is 153 Å². The van der Waals surface area contributed by atoms with Crippen LogP contribution in [0, 0.1) is 0 Å². The van der Waals surface area contributed by atoms with Gasteiger partial charge in [-0.25, -0.2) is 15.0 Å². The Balaban J connectivity index is 1.21. The Morgan fingerprint density at radius 1 is 0.389 bits per heavy atom. The molecule has 1 aliphatic carbocycles. The third-order valence-corrected chi connectivity index (χ3v) is 11.4. The zero-order chi connectivity index (χ0) is 36.0. The van der Waals surface area contributed by atoms with Crippen molar-refractivity contribution in [3.05, 3.63) is 181 Å². The van der Waals surface area contributed by atoms with Crippen LogP contribution in [-0.4, -0.2) is 19.5 Å². The zero-order valence-electron chi connectivity index (χ0n) is 30.0. The SMILES string of the molecule is CC1(C)c2ccccc2-c2ccc(-c3nc(-c4ccccc4)nc(-c4ccc5ccccc5c4-n4c5ccccc5c5cc6ccccc6cc54)n3)cc21. The molecule has 254 valence electrons. The largest absolute Gasteiger partial charge is 0.308 e. The smallest absolute Gasteiger partial charge is 0.166 e. The van der Waals surface area contributed by atoms with E-state index in [1.54, 1.807) is 0 Å². The molecule has 0 N–H and O–H groups in total. The molecular formula is C50H34N4. The van der Waals surface area contributed by atoms with Crippen LogP contribution < -0.4 is 0 Å². The molecule has 0 aliphatic heterocycles. The van der Waals surface area contributed by atoms with Gasteiger partial charge in [-0.15, -0.1) is 0 Å². The van der Waals surface area contributed by atoms with E-state index in [9.17, 15) is 0 Å². The fraction of sp³-hybridized carbons (Fsp3) is 0.0600. The van der Waals surface area contributed by atoms with Crippen molar-refractivity contribution >= 4 is 43.4 Å². The molecule has 0 bridgehead atoms. The summed E-state index contributed by atoms with van der Waals surface area (Å²) in [6.45, 7) is 4.62. The first-order chi connectivity index (χ1) is 26.5. The third kappa shape index (κ3) is 4.53. The Hall–Kier alpha value is -6.91. The van der Waals surface area contributed by atoms with E-state index in [0.717, 1.165) is 44.2 Å². The van der Waals surface area contributed by atoms with Crippen molar-refractivity contribution in [2.75, 3.05) is 0 Å². The molecule has 11 rings (SSSR count). The van der Waals surface area contributed by atoms with Crippen LogP contribution >= 0.6 is 0 Å². The highest BCUT2D eigenvalue weighted by molar-refractivity contribution is 6.15. The van der Waals surface area contributed by atoms with Crippen molar-refractivity contribution in [1.29, 1.82) is 0 Å². The van der Waals surface area contributed by atoms with Crippen LogP contribution in [0.2, 0.25) is 0 Å². The van der Waals surface area contributed by atoms with Crippen LogP contribution in [0.25, 0.3) is 94.3 Å². The highest BCUT2D eigenvalue weighted by Gasteiger charge is 2.35. The summed E-state index contributed by atoms with van der Waals surface area (Å²) in [6.07, 6.45) is 0. The molecule has 4 heteroatoms. The molecular weight excluding hydrogens is 657 g/mol. The lowest BCUT2D eigenvalue weighted by molar-refractivity contribution is 0.660. The van der Waals surface area contributed by atoms with E-state index in [0.29, 0.717) is 17.5 Å². The van der Waals surface area contributed by atoms with E-state index in [4.69, 9.17) is 15.0 Å². The third-order valence-electron chi connectivity index (χ3n) is 11.4. The molecule has 54 heavy (non-hydrogen) atoms. The van der Waals surface area contributed by atoms with Gasteiger partial charge in [0.2, 0.25) is 0 Å². The second kappa shape index (κ2) is 11.5. The van der Waals surface area contributed by atoms with E-state index in [-0.39, 0.29) is 5.41 Å². The summed E-state index contributed by atoms with van der Waals surface area (Å²) < 4.78 is 2.43. The lowest BCUT2D eigenvalue weighted by atomic mass is 9.82. The van der Waals surface area contributed by atoms with Gasteiger partial charge in [0.15, 0.2) is 17.5 Å². The number of rotatable bonds is 4. The first-order valence-corrected chi connectivity index (χ1v) is 18.5. The summed E-state index contributed by atoms with van der Waals surface area (Å²) in [5.74, 6) is 1.93. The summed E-state index contributed by atoms with van der Waals surface area (Å²) >= 11 is 0. The second-order valence-corrected chi connectivity index (χ2v) is 14.9. The van der Waals surface area contributed by atoms with Gasteiger partial charge in [-0.05, 0) is 68.7 Å². The van der Waals surface area contributed by atoms with Crippen molar-refractivity contribution in [2.24, 2.45) is 0 Å². The van der Waals surface area contributed by atoms with Crippen LogP contribution in [0.15, 0.2) is 170 Å². The number of hydrogen-bond donors (Lipinski definition) is 0. The highest BCUT2D eigenvalue weighted by Crippen LogP contribution is 2.49. The minimum Gasteiger partial charge on any atom is -0.308 e. The average molecular weight is 691 g/mol. The normalized spacial score (nSPS) is 13.1. The summed E-state index contributed by atoms with van der Waals surface area (Å²) in [4.78, 5) is 15.8. The van der Waals surface area contributed by atoms with Crippen LogP contribution in [0.4, 0.5) is 0 Å². The van der Waals surface area contributed by atoms with Gasteiger partial charge in [0.05, 0.1) is 16.7 Å². The van der Waals surface area contributed by atoms with Crippen LogP contribution in [-0.2, 0) is 5.41 Å². The van der Waals surface area contributed by atoms with E-state index in [1.807, 2.05) is 18.2 Å². The van der Waals surface area contributed by atoms with Crippen LogP contribution in [0.5, 0.6) is 0 Å². The number of benzene rings is 8. The van der Waals surface area contributed by atoms with Gasteiger partial charge in [-0.3, -0.25) is 0 Å². The molecule has 10 aromatic rings. The molecule has 0 fully saturated rings. The molecule has 0 atom stereocenters. The van der Waals surface area contributed by atoms with Gasteiger partial charge < -0.3 is 4.57 Å². The van der Waals surface area contributed by atoms with Crippen molar-refractivity contribution in [3.8, 4) is 51.0 Å². The Morgan fingerprint density at radius 2 is 1.00 bits per heavy atom. The molecule has 2 heterocycles. The van der Waals surface area contributed by atoms with Crippen LogP contribution in [0.3, 0.4) is 0 Å². The van der Waals surface area contributed by atoms with E-state index in [2.05, 4.69) is 170 Å². The number of para-hydroxylation sites is 1. The van der Waals surface area contributed by atoms with Gasteiger partial charge in [-0.2, -0.15) is 0 Å². The standard InChI is InChI=1S/C50H34N4/c1-50(2)42-22-12-10-20-37(42)38-26-25-35(29-43(38)50)48-51-47(32-15-4-3-5-16-32)52-49(53-48)40-27-24-31-14-8-9-19-36(31)46(40)54-44-23-13-11-21-39(44)41-28-33-17-6-7-18-34(33)30-45(41)54/h3-30H,1-2H3. The Bertz CT molecular complexity index is 3140. The minimum atomic E-state index is -0.147. The number of hydrogen-bond acceptors (Lipinski definition) is 3. The fourth-order valence-electron chi connectivity index (χ4n) is 8.76. The summed E-state index contributed by atoms with van der Waals surface area (Å²) in [5, 5.41) is 7.13. The first-order valence-electron chi connectivity index (χ1n) is 18.5. The monoisotopic (exact) mass is 690 g/mol. The molecule has 8 aromatic carbocycles. The molecule has 1 aliphatic rings. The lowest BCUT2D eigenvalue weighted by Gasteiger charge is -2.22. The van der Waals surface area contributed by atoms with Gasteiger partial charge in [0.25, 0.3) is 0 Å². The number of fused-ring (bicyclic) bond motifs is 8. The van der Waals surface area contributed by atoms with Crippen molar-refractivity contribution in [2.45, 2.75) is 19.3 Å². The molecule has 0 radical (unpaired) electrons. The van der Waals surface area contributed by atoms with E-state index < -0.39 is 0 Å². The maximum Gasteiger partial charge on any atom is 0.166 e. The summed E-state index contributed by atoms with van der Waals surface area (Å²) in [5.41, 5.74) is 11.2. The van der Waals surface area contributed by atoms with Crippen molar-refractivity contribution in [1.82, 2.24) is 19.5 Å². The predicted molar refractivity (Wildman–Crippen MR) is 223 cm³/mol. The number of nitrogens with zero attached hydrogens (tertiary/aromatic N) is 4.